The van der Waals surface area contributed by atoms with Crippen LogP contribution in [0.5, 0.6) is 0 Å². The van der Waals surface area contributed by atoms with Crippen molar-refractivity contribution < 1.29 is 14.3 Å². The van der Waals surface area contributed by atoms with Gasteiger partial charge in [0.2, 0.25) is 0 Å². The Morgan fingerprint density at radius 2 is 2.05 bits per heavy atom. The molecule has 0 unspecified atom stereocenters. The quantitative estimate of drug-likeness (QED) is 0.659. The van der Waals surface area contributed by atoms with E-state index in [-0.39, 0.29) is 29.8 Å². The Kier molecular flexibility index (Phi) is 4.84. The number of anilines is 1. The number of nitrogens with one attached hydrogen (secondary N) is 1. The Labute approximate surface area is 122 Å². The van der Waals surface area contributed by atoms with Gasteiger partial charge in [-0.1, -0.05) is 24.4 Å². The highest BCUT2D eigenvalue weighted by Gasteiger charge is 2.18. The van der Waals surface area contributed by atoms with Crippen LogP contribution in [0.15, 0.2) is 18.2 Å². The number of esters is 1. The average Bonchev–Trinajstić information content (AvgIpc) is 2.89. The fourth-order valence-electron chi connectivity index (χ4n) is 2.27. The lowest BCUT2D eigenvalue weighted by molar-refractivity contribution is -0.124. The van der Waals surface area contributed by atoms with Crippen molar-refractivity contribution in [3.63, 3.8) is 0 Å². The molecule has 2 rings (SSSR count). The van der Waals surface area contributed by atoms with Crippen LogP contribution in [0.4, 0.5) is 5.69 Å². The third kappa shape index (κ3) is 3.87. The molecule has 3 N–H and O–H groups in total. The molecule has 0 bridgehead atoms. The molecular formula is C14H17ClN2O3. The van der Waals surface area contributed by atoms with Gasteiger partial charge in [0.1, 0.15) is 0 Å². The second kappa shape index (κ2) is 6.61. The molecule has 1 saturated carbocycles. The molecule has 1 aromatic rings. The Bertz CT molecular complexity index is 513. The number of ether oxygens (including phenoxy) is 1. The predicted molar refractivity (Wildman–Crippen MR) is 76.5 cm³/mol. The zero-order valence-corrected chi connectivity index (χ0v) is 11.8. The van der Waals surface area contributed by atoms with Gasteiger partial charge >= 0.3 is 5.97 Å². The largest absolute Gasteiger partial charge is 0.452 e. The number of carbonyl (C=O) groups is 2. The van der Waals surface area contributed by atoms with Gasteiger partial charge in [0, 0.05) is 16.8 Å². The maximum Gasteiger partial charge on any atom is 0.340 e. The molecule has 20 heavy (non-hydrogen) atoms. The van der Waals surface area contributed by atoms with Crippen LogP contribution in [0.2, 0.25) is 5.02 Å². The summed E-state index contributed by atoms with van der Waals surface area (Å²) in [6, 6.07) is 4.71. The number of nitrogens with two attached hydrogens (primary N) is 1. The maximum absolute atomic E-state index is 11.8. The van der Waals surface area contributed by atoms with Gasteiger partial charge in [-0.15, -0.1) is 0 Å². The summed E-state index contributed by atoms with van der Waals surface area (Å²) in [6.07, 6.45) is 4.24. The highest BCUT2D eigenvalue weighted by Crippen LogP contribution is 2.19. The second-order valence-electron chi connectivity index (χ2n) is 4.86. The third-order valence-corrected chi connectivity index (χ3v) is 3.52. The first-order chi connectivity index (χ1) is 9.56. The van der Waals surface area contributed by atoms with E-state index in [1.165, 1.54) is 12.1 Å². The fourth-order valence-corrected chi connectivity index (χ4v) is 2.45. The van der Waals surface area contributed by atoms with Gasteiger partial charge in [-0.05, 0) is 31.0 Å². The van der Waals surface area contributed by atoms with Gasteiger partial charge in [-0.2, -0.15) is 0 Å². The minimum absolute atomic E-state index is 0.210. The van der Waals surface area contributed by atoms with E-state index in [1.54, 1.807) is 6.07 Å². The van der Waals surface area contributed by atoms with Crippen LogP contribution in [0.1, 0.15) is 36.0 Å². The summed E-state index contributed by atoms with van der Waals surface area (Å²) in [5.74, 6) is -0.904. The monoisotopic (exact) mass is 296 g/mol. The minimum atomic E-state index is -0.624. The van der Waals surface area contributed by atoms with Crippen molar-refractivity contribution in [2.24, 2.45) is 0 Å². The van der Waals surface area contributed by atoms with Crippen molar-refractivity contribution in [1.82, 2.24) is 5.32 Å². The lowest BCUT2D eigenvalue weighted by Crippen LogP contribution is -2.35. The molecule has 1 amide bonds. The van der Waals surface area contributed by atoms with E-state index in [2.05, 4.69) is 5.32 Å². The molecule has 0 radical (unpaired) electrons. The summed E-state index contributed by atoms with van der Waals surface area (Å²) < 4.78 is 4.95. The van der Waals surface area contributed by atoms with Gasteiger partial charge in [0.15, 0.2) is 6.61 Å². The summed E-state index contributed by atoms with van der Waals surface area (Å²) in [5.41, 5.74) is 6.12. The van der Waals surface area contributed by atoms with Crippen LogP contribution in [0.25, 0.3) is 0 Å². The summed E-state index contributed by atoms with van der Waals surface area (Å²) in [5, 5.41) is 3.28. The number of amides is 1. The number of hydrogen-bond donors (Lipinski definition) is 2. The summed E-state index contributed by atoms with van der Waals surface area (Å²) in [7, 11) is 0. The Morgan fingerprint density at radius 3 is 2.70 bits per heavy atom. The second-order valence-corrected chi connectivity index (χ2v) is 5.29. The molecule has 108 valence electrons. The Balaban J connectivity index is 1.83. The van der Waals surface area contributed by atoms with Crippen LogP contribution in [0.3, 0.4) is 0 Å². The highest BCUT2D eigenvalue weighted by atomic mass is 35.5. The first-order valence-electron chi connectivity index (χ1n) is 6.58. The number of nitrogen functional groups attached to an aromatic ring is 1. The molecule has 6 heteroatoms. The molecule has 0 saturated heterocycles. The summed E-state index contributed by atoms with van der Waals surface area (Å²) in [4.78, 5) is 23.4. The van der Waals surface area contributed by atoms with Crippen molar-refractivity contribution in [2.45, 2.75) is 31.7 Å². The number of halogens is 1. The molecule has 1 aromatic carbocycles. The van der Waals surface area contributed by atoms with E-state index in [1.807, 2.05) is 0 Å². The number of carbonyl (C=O) groups excluding carboxylic acids is 2. The molecule has 0 aliphatic heterocycles. The molecule has 5 nitrogen and oxygen atoms in total. The first kappa shape index (κ1) is 14.7. The highest BCUT2D eigenvalue weighted by molar-refractivity contribution is 6.31. The van der Waals surface area contributed by atoms with Crippen molar-refractivity contribution in [3.8, 4) is 0 Å². The van der Waals surface area contributed by atoms with Gasteiger partial charge in [0.05, 0.1) is 5.56 Å². The molecule has 0 spiro atoms. The Morgan fingerprint density at radius 1 is 1.35 bits per heavy atom. The molecule has 1 aliphatic carbocycles. The topological polar surface area (TPSA) is 81.4 Å². The van der Waals surface area contributed by atoms with E-state index in [4.69, 9.17) is 22.1 Å². The fraction of sp³-hybridized carbons (Fsp3) is 0.429. The number of hydrogen-bond acceptors (Lipinski definition) is 4. The van der Waals surface area contributed by atoms with E-state index in [9.17, 15) is 9.59 Å². The predicted octanol–water partition coefficient (Wildman–Crippen LogP) is 2.14. The average molecular weight is 297 g/mol. The van der Waals surface area contributed by atoms with E-state index < -0.39 is 5.97 Å². The standard InChI is InChI=1S/C14H17ClN2O3/c15-9-5-6-11(12(16)7-9)14(19)20-8-13(18)17-10-3-1-2-4-10/h5-7,10H,1-4,8,16H2,(H,17,18). The minimum Gasteiger partial charge on any atom is -0.452 e. The molecule has 0 heterocycles. The van der Waals surface area contributed by atoms with Crippen molar-refractivity contribution in [2.75, 3.05) is 12.3 Å². The molecule has 1 aliphatic rings. The zero-order chi connectivity index (χ0) is 14.5. The number of rotatable bonds is 4. The third-order valence-electron chi connectivity index (χ3n) is 3.29. The van der Waals surface area contributed by atoms with Crippen LogP contribution in [-0.2, 0) is 9.53 Å². The smallest absolute Gasteiger partial charge is 0.340 e. The van der Waals surface area contributed by atoms with Crippen LogP contribution < -0.4 is 11.1 Å². The molecule has 0 atom stereocenters. The maximum atomic E-state index is 11.8. The first-order valence-corrected chi connectivity index (χ1v) is 6.95. The van der Waals surface area contributed by atoms with Gasteiger partial charge in [-0.25, -0.2) is 4.79 Å². The SMILES string of the molecule is Nc1cc(Cl)ccc1C(=O)OCC(=O)NC1CCCC1. The van der Waals surface area contributed by atoms with Crippen molar-refractivity contribution in [1.29, 1.82) is 0 Å². The van der Waals surface area contributed by atoms with Crippen LogP contribution >= 0.6 is 11.6 Å². The van der Waals surface area contributed by atoms with E-state index in [0.717, 1.165) is 25.7 Å². The lowest BCUT2D eigenvalue weighted by Gasteiger charge is -2.12. The zero-order valence-electron chi connectivity index (χ0n) is 11.0. The van der Waals surface area contributed by atoms with Crippen LogP contribution in [-0.4, -0.2) is 24.5 Å². The normalized spacial score (nSPS) is 15.1. The van der Waals surface area contributed by atoms with Crippen molar-refractivity contribution >= 4 is 29.2 Å². The lowest BCUT2D eigenvalue weighted by atomic mass is 10.2. The van der Waals surface area contributed by atoms with E-state index in [0.29, 0.717) is 5.02 Å². The summed E-state index contributed by atoms with van der Waals surface area (Å²) in [6.45, 7) is -0.294. The Hall–Kier alpha value is -1.75. The van der Waals surface area contributed by atoms with Crippen LogP contribution in [0, 0.1) is 0 Å². The molecule has 0 aromatic heterocycles. The van der Waals surface area contributed by atoms with Gasteiger partial charge < -0.3 is 15.8 Å². The van der Waals surface area contributed by atoms with E-state index >= 15 is 0 Å². The van der Waals surface area contributed by atoms with Gasteiger partial charge in [0.25, 0.3) is 5.91 Å². The molecule has 1 fully saturated rings. The summed E-state index contributed by atoms with van der Waals surface area (Å²) >= 11 is 5.75. The molecular weight excluding hydrogens is 280 g/mol. The number of benzene rings is 1. The van der Waals surface area contributed by atoms with Gasteiger partial charge in [-0.3, -0.25) is 4.79 Å². The van der Waals surface area contributed by atoms with Crippen molar-refractivity contribution in [3.05, 3.63) is 28.8 Å².